The molecule has 106 valence electrons. The molecule has 0 aliphatic heterocycles. The number of hydrogen-bond acceptors (Lipinski definition) is 3. The van der Waals surface area contributed by atoms with E-state index >= 15 is 0 Å². The van der Waals surface area contributed by atoms with E-state index in [0.717, 1.165) is 12.2 Å². The monoisotopic (exact) mass is 264 g/mol. The number of likely N-dealkylation sites (N-methyl/N-ethyl adjacent to an activating group) is 1. The highest BCUT2D eigenvalue weighted by molar-refractivity contribution is 5.94. The zero-order valence-electron chi connectivity index (χ0n) is 12.3. The molecule has 1 rings (SSSR count). The smallest absolute Gasteiger partial charge is 0.254 e. The highest BCUT2D eigenvalue weighted by atomic mass is 16.5. The van der Waals surface area contributed by atoms with Crippen LogP contribution in [0.15, 0.2) is 24.3 Å². The molecule has 0 radical (unpaired) electrons. The Hall–Kier alpha value is -1.55. The summed E-state index contributed by atoms with van der Waals surface area (Å²) < 4.78 is 5.12. The molecule has 0 spiro atoms. The van der Waals surface area contributed by atoms with Crippen LogP contribution in [0, 0.1) is 0 Å². The van der Waals surface area contributed by atoms with Crippen molar-refractivity contribution in [3.8, 4) is 0 Å². The van der Waals surface area contributed by atoms with Gasteiger partial charge in [-0.3, -0.25) is 4.79 Å². The molecule has 0 aromatic heterocycles. The van der Waals surface area contributed by atoms with Crippen molar-refractivity contribution in [1.82, 2.24) is 4.90 Å². The van der Waals surface area contributed by atoms with Crippen LogP contribution in [0.4, 0.5) is 5.69 Å². The zero-order chi connectivity index (χ0) is 14.3. The minimum atomic E-state index is 0.0510. The fraction of sp³-hybridized carbons (Fsp3) is 0.533. The number of ether oxygens (including phenoxy) is 1. The van der Waals surface area contributed by atoms with Crippen LogP contribution in [0.25, 0.3) is 0 Å². The number of nitrogens with zero attached hydrogens (tertiary/aromatic N) is 1. The first-order chi connectivity index (χ1) is 9.13. The molecule has 4 heteroatoms. The average molecular weight is 264 g/mol. The number of rotatable bonds is 7. The van der Waals surface area contributed by atoms with Gasteiger partial charge in [0.1, 0.15) is 0 Å². The number of hydrogen-bond donors (Lipinski definition) is 1. The Bertz CT molecular complexity index is 390. The summed E-state index contributed by atoms with van der Waals surface area (Å²) in [6, 6.07) is 7.68. The van der Waals surface area contributed by atoms with E-state index in [-0.39, 0.29) is 11.9 Å². The van der Waals surface area contributed by atoms with Gasteiger partial charge < -0.3 is 15.0 Å². The maximum Gasteiger partial charge on any atom is 0.254 e. The third kappa shape index (κ3) is 4.24. The lowest BCUT2D eigenvalue weighted by atomic mass is 10.1. The number of methoxy groups -OCH3 is 1. The Kier molecular flexibility index (Phi) is 6.36. The van der Waals surface area contributed by atoms with Gasteiger partial charge in [-0.05, 0) is 45.0 Å². The molecule has 0 heterocycles. The van der Waals surface area contributed by atoms with E-state index in [1.165, 1.54) is 0 Å². The van der Waals surface area contributed by atoms with E-state index < -0.39 is 0 Å². The first-order valence-corrected chi connectivity index (χ1v) is 6.77. The summed E-state index contributed by atoms with van der Waals surface area (Å²) in [6.45, 7) is 8.13. The second-order valence-electron chi connectivity index (χ2n) is 4.50. The topological polar surface area (TPSA) is 41.6 Å². The normalized spacial score (nSPS) is 12.0. The van der Waals surface area contributed by atoms with Gasteiger partial charge in [0, 0.05) is 31.5 Å². The fourth-order valence-corrected chi connectivity index (χ4v) is 2.09. The fourth-order valence-electron chi connectivity index (χ4n) is 2.09. The molecule has 1 aromatic rings. The van der Waals surface area contributed by atoms with E-state index in [1.54, 1.807) is 7.11 Å². The van der Waals surface area contributed by atoms with Crippen molar-refractivity contribution >= 4 is 11.6 Å². The minimum absolute atomic E-state index is 0.0510. The minimum Gasteiger partial charge on any atom is -0.385 e. The number of carbonyl (C=O) groups excluding carboxylic acids is 1. The third-order valence-electron chi connectivity index (χ3n) is 3.05. The summed E-state index contributed by atoms with van der Waals surface area (Å²) in [6.07, 6.45) is 0. The molecule has 1 atom stereocenters. The van der Waals surface area contributed by atoms with Crippen LogP contribution in [0.3, 0.4) is 0 Å². The van der Waals surface area contributed by atoms with Crippen molar-refractivity contribution in [2.75, 3.05) is 32.1 Å². The van der Waals surface area contributed by atoms with Gasteiger partial charge in [0.25, 0.3) is 5.91 Å². The average Bonchev–Trinajstić information content (AvgIpc) is 2.41. The van der Waals surface area contributed by atoms with Gasteiger partial charge >= 0.3 is 0 Å². The Morgan fingerprint density at radius 2 is 1.95 bits per heavy atom. The van der Waals surface area contributed by atoms with Crippen molar-refractivity contribution in [1.29, 1.82) is 0 Å². The largest absolute Gasteiger partial charge is 0.385 e. The molecule has 0 saturated carbocycles. The third-order valence-corrected chi connectivity index (χ3v) is 3.05. The summed E-state index contributed by atoms with van der Waals surface area (Å²) in [5.41, 5.74) is 1.75. The molecular weight excluding hydrogens is 240 g/mol. The van der Waals surface area contributed by atoms with Crippen molar-refractivity contribution in [3.05, 3.63) is 29.8 Å². The van der Waals surface area contributed by atoms with E-state index in [0.29, 0.717) is 18.7 Å². The second kappa shape index (κ2) is 7.79. The molecular formula is C15H24N2O2. The van der Waals surface area contributed by atoms with Crippen LogP contribution in [0.5, 0.6) is 0 Å². The first kappa shape index (κ1) is 15.5. The summed E-state index contributed by atoms with van der Waals surface area (Å²) in [5.74, 6) is 0.0510. The maximum absolute atomic E-state index is 12.4. The lowest BCUT2D eigenvalue weighted by Crippen LogP contribution is -2.40. The summed E-state index contributed by atoms with van der Waals surface area (Å²) in [5, 5.41) is 3.22. The number of nitrogens with one attached hydrogen (secondary N) is 1. The van der Waals surface area contributed by atoms with E-state index in [2.05, 4.69) is 5.32 Å². The highest BCUT2D eigenvalue weighted by Gasteiger charge is 2.19. The first-order valence-electron chi connectivity index (χ1n) is 6.77. The number of carbonyl (C=O) groups is 1. The molecule has 1 N–H and O–H groups in total. The number of benzene rings is 1. The summed E-state index contributed by atoms with van der Waals surface area (Å²) >= 11 is 0. The van der Waals surface area contributed by atoms with E-state index in [9.17, 15) is 4.79 Å². The van der Waals surface area contributed by atoms with Crippen LogP contribution >= 0.6 is 0 Å². The van der Waals surface area contributed by atoms with Gasteiger partial charge in [-0.15, -0.1) is 0 Å². The molecule has 0 bridgehead atoms. The van der Waals surface area contributed by atoms with Gasteiger partial charge in [0.2, 0.25) is 0 Å². The van der Waals surface area contributed by atoms with Gasteiger partial charge in [0.05, 0.1) is 12.6 Å². The summed E-state index contributed by atoms with van der Waals surface area (Å²) in [4.78, 5) is 14.2. The quantitative estimate of drug-likeness (QED) is 0.823. The Balaban J connectivity index is 2.79. The molecule has 1 aromatic carbocycles. The summed E-state index contributed by atoms with van der Waals surface area (Å²) in [7, 11) is 1.65. The molecule has 19 heavy (non-hydrogen) atoms. The predicted octanol–water partition coefficient (Wildman–Crippen LogP) is 2.62. The Labute approximate surface area is 115 Å². The molecule has 0 aliphatic carbocycles. The van der Waals surface area contributed by atoms with Crippen LogP contribution in [0.2, 0.25) is 0 Å². The standard InChI is InChI=1S/C15H24N2O2/c1-5-16-14-9-7-13(8-10-14)15(18)17(6-2)12(3)11-19-4/h7-10,12,16H,5-6,11H2,1-4H3. The van der Waals surface area contributed by atoms with Crippen LogP contribution in [-0.4, -0.2) is 43.7 Å². The van der Waals surface area contributed by atoms with Crippen LogP contribution in [-0.2, 0) is 4.74 Å². The highest BCUT2D eigenvalue weighted by Crippen LogP contribution is 2.13. The van der Waals surface area contributed by atoms with Gasteiger partial charge in [0.15, 0.2) is 0 Å². The molecule has 0 aliphatic rings. The second-order valence-corrected chi connectivity index (χ2v) is 4.50. The number of amides is 1. The molecule has 1 amide bonds. The van der Waals surface area contributed by atoms with Crippen molar-refractivity contribution in [3.63, 3.8) is 0 Å². The van der Waals surface area contributed by atoms with Crippen molar-refractivity contribution in [2.24, 2.45) is 0 Å². The van der Waals surface area contributed by atoms with Crippen LogP contribution in [0.1, 0.15) is 31.1 Å². The van der Waals surface area contributed by atoms with Crippen molar-refractivity contribution in [2.45, 2.75) is 26.8 Å². The van der Waals surface area contributed by atoms with E-state index in [4.69, 9.17) is 4.74 Å². The molecule has 0 saturated heterocycles. The van der Waals surface area contributed by atoms with E-state index in [1.807, 2.05) is 49.9 Å². The zero-order valence-corrected chi connectivity index (χ0v) is 12.3. The Morgan fingerprint density at radius 1 is 1.32 bits per heavy atom. The van der Waals surface area contributed by atoms with Crippen molar-refractivity contribution < 1.29 is 9.53 Å². The number of anilines is 1. The van der Waals surface area contributed by atoms with Gasteiger partial charge in [-0.25, -0.2) is 0 Å². The lowest BCUT2D eigenvalue weighted by molar-refractivity contribution is 0.0579. The predicted molar refractivity (Wildman–Crippen MR) is 78.7 cm³/mol. The van der Waals surface area contributed by atoms with Gasteiger partial charge in [-0.2, -0.15) is 0 Å². The Morgan fingerprint density at radius 3 is 2.42 bits per heavy atom. The SMILES string of the molecule is CCNc1ccc(C(=O)N(CC)C(C)COC)cc1. The van der Waals surface area contributed by atoms with Crippen LogP contribution < -0.4 is 5.32 Å². The molecule has 0 fully saturated rings. The maximum atomic E-state index is 12.4. The lowest BCUT2D eigenvalue weighted by Gasteiger charge is -2.27. The molecule has 1 unspecified atom stereocenters. The van der Waals surface area contributed by atoms with Gasteiger partial charge in [-0.1, -0.05) is 0 Å². The molecule has 4 nitrogen and oxygen atoms in total.